The van der Waals surface area contributed by atoms with Gasteiger partial charge in [-0.3, -0.25) is 4.99 Å². The number of guanidine groups is 1. The summed E-state index contributed by atoms with van der Waals surface area (Å²) in [4.78, 5) is 4.46. The average molecular weight is 422 g/mol. The SMILES string of the molecule is CN=C(NCC1(c2ccc(Br)cc2)CCOCC1)NC1CC2CCC1O2. The minimum Gasteiger partial charge on any atom is -0.381 e. The van der Waals surface area contributed by atoms with Crippen molar-refractivity contribution in [3.05, 3.63) is 34.3 Å². The van der Waals surface area contributed by atoms with E-state index < -0.39 is 0 Å². The van der Waals surface area contributed by atoms with E-state index in [1.807, 2.05) is 7.05 Å². The third-order valence-corrected chi connectivity index (χ3v) is 6.68. The lowest BCUT2D eigenvalue weighted by Crippen LogP contribution is -2.51. The number of hydrogen-bond acceptors (Lipinski definition) is 3. The lowest BCUT2D eigenvalue weighted by molar-refractivity contribution is 0.0513. The first-order valence-electron chi connectivity index (χ1n) is 9.65. The van der Waals surface area contributed by atoms with Crippen LogP contribution in [0.1, 0.15) is 37.7 Å². The van der Waals surface area contributed by atoms with Gasteiger partial charge in [0.25, 0.3) is 0 Å². The second-order valence-electron chi connectivity index (χ2n) is 7.69. The van der Waals surface area contributed by atoms with Crippen molar-refractivity contribution in [3.63, 3.8) is 0 Å². The number of halogens is 1. The predicted octanol–water partition coefficient (Wildman–Crippen LogP) is 2.98. The molecule has 3 unspecified atom stereocenters. The van der Waals surface area contributed by atoms with Crippen LogP contribution in [0.4, 0.5) is 0 Å². The van der Waals surface area contributed by atoms with Gasteiger partial charge in [-0.25, -0.2) is 0 Å². The average Bonchev–Trinajstić information content (AvgIpc) is 3.29. The van der Waals surface area contributed by atoms with E-state index in [4.69, 9.17) is 9.47 Å². The Morgan fingerprint density at radius 1 is 1.23 bits per heavy atom. The maximum absolute atomic E-state index is 5.96. The van der Waals surface area contributed by atoms with E-state index in [2.05, 4.69) is 55.8 Å². The highest BCUT2D eigenvalue weighted by atomic mass is 79.9. The first-order chi connectivity index (χ1) is 12.7. The molecule has 4 rings (SSSR count). The molecule has 0 aliphatic carbocycles. The van der Waals surface area contributed by atoms with Crippen LogP contribution >= 0.6 is 15.9 Å². The summed E-state index contributed by atoms with van der Waals surface area (Å²) in [5.41, 5.74) is 1.46. The van der Waals surface area contributed by atoms with Crippen molar-refractivity contribution in [1.82, 2.24) is 10.6 Å². The molecule has 3 aliphatic heterocycles. The molecule has 0 spiro atoms. The Hall–Kier alpha value is -1.11. The van der Waals surface area contributed by atoms with Gasteiger partial charge < -0.3 is 20.1 Å². The van der Waals surface area contributed by atoms with Gasteiger partial charge in [0.15, 0.2) is 5.96 Å². The van der Waals surface area contributed by atoms with Crippen LogP contribution in [0.3, 0.4) is 0 Å². The van der Waals surface area contributed by atoms with Crippen LogP contribution < -0.4 is 10.6 Å². The molecular formula is C20H28BrN3O2. The zero-order chi connectivity index (χ0) is 18.0. The molecule has 1 aromatic rings. The van der Waals surface area contributed by atoms with Crippen LogP contribution in [-0.2, 0) is 14.9 Å². The number of hydrogen-bond donors (Lipinski definition) is 2. The molecule has 3 aliphatic rings. The molecule has 1 aromatic carbocycles. The van der Waals surface area contributed by atoms with Gasteiger partial charge in [0.05, 0.1) is 18.2 Å². The first kappa shape index (κ1) is 18.3. The molecule has 0 amide bonds. The number of aliphatic imine (C=N–C) groups is 1. The molecule has 0 saturated carbocycles. The van der Waals surface area contributed by atoms with E-state index in [0.29, 0.717) is 18.2 Å². The minimum absolute atomic E-state index is 0.0851. The van der Waals surface area contributed by atoms with Gasteiger partial charge in [-0.15, -0.1) is 0 Å². The summed E-state index contributed by atoms with van der Waals surface area (Å²) in [6, 6.07) is 9.12. The van der Waals surface area contributed by atoms with Gasteiger partial charge in [-0.1, -0.05) is 28.1 Å². The van der Waals surface area contributed by atoms with Crippen molar-refractivity contribution in [1.29, 1.82) is 0 Å². The number of nitrogens with zero attached hydrogens (tertiary/aromatic N) is 1. The van der Waals surface area contributed by atoms with Crippen LogP contribution in [0.2, 0.25) is 0 Å². The minimum atomic E-state index is 0.0851. The molecule has 0 radical (unpaired) electrons. The molecule has 3 heterocycles. The van der Waals surface area contributed by atoms with E-state index >= 15 is 0 Å². The van der Waals surface area contributed by atoms with Gasteiger partial charge in [0.2, 0.25) is 0 Å². The smallest absolute Gasteiger partial charge is 0.191 e. The molecule has 0 aromatic heterocycles. The van der Waals surface area contributed by atoms with Crippen LogP contribution in [0.5, 0.6) is 0 Å². The molecule has 5 nitrogen and oxygen atoms in total. The van der Waals surface area contributed by atoms with Crippen molar-refractivity contribution in [2.45, 2.75) is 55.8 Å². The van der Waals surface area contributed by atoms with Crippen LogP contribution in [0.15, 0.2) is 33.7 Å². The maximum atomic E-state index is 5.96. The van der Waals surface area contributed by atoms with Crippen LogP contribution in [0.25, 0.3) is 0 Å². The summed E-state index contributed by atoms with van der Waals surface area (Å²) in [6.07, 6.45) is 6.31. The van der Waals surface area contributed by atoms with Crippen molar-refractivity contribution < 1.29 is 9.47 Å². The fourth-order valence-electron chi connectivity index (χ4n) is 4.55. The topological polar surface area (TPSA) is 54.9 Å². The Morgan fingerprint density at radius 2 is 2.00 bits per heavy atom. The number of ether oxygens (including phenoxy) is 2. The molecule has 3 saturated heterocycles. The van der Waals surface area contributed by atoms with Gasteiger partial charge >= 0.3 is 0 Å². The zero-order valence-corrected chi connectivity index (χ0v) is 16.9. The summed E-state index contributed by atoms with van der Waals surface area (Å²) in [5, 5.41) is 7.19. The quantitative estimate of drug-likeness (QED) is 0.579. The Bertz CT molecular complexity index is 643. The first-order valence-corrected chi connectivity index (χ1v) is 10.4. The van der Waals surface area contributed by atoms with Crippen molar-refractivity contribution in [2.24, 2.45) is 4.99 Å². The van der Waals surface area contributed by atoms with Crippen molar-refractivity contribution in [2.75, 3.05) is 26.8 Å². The Labute approximate surface area is 164 Å². The summed E-state index contributed by atoms with van der Waals surface area (Å²) >= 11 is 3.54. The monoisotopic (exact) mass is 421 g/mol. The van der Waals surface area contributed by atoms with Crippen LogP contribution in [-0.4, -0.2) is 51.0 Å². The van der Waals surface area contributed by atoms with E-state index in [9.17, 15) is 0 Å². The molecule has 142 valence electrons. The molecule has 3 fully saturated rings. The Morgan fingerprint density at radius 3 is 2.62 bits per heavy atom. The van der Waals surface area contributed by atoms with Gasteiger partial charge in [0, 0.05) is 36.7 Å². The highest BCUT2D eigenvalue weighted by Crippen LogP contribution is 2.36. The third kappa shape index (κ3) is 3.78. The highest BCUT2D eigenvalue weighted by molar-refractivity contribution is 9.10. The van der Waals surface area contributed by atoms with E-state index in [1.54, 1.807) is 0 Å². The molecule has 26 heavy (non-hydrogen) atoms. The standard InChI is InChI=1S/C20H28BrN3O2/c1-22-19(24-17-12-16-6-7-18(17)26-16)23-13-20(8-10-25-11-9-20)14-2-4-15(21)5-3-14/h2-5,16-18H,6-13H2,1H3,(H2,22,23,24). The summed E-state index contributed by atoms with van der Waals surface area (Å²) in [6.45, 7) is 2.48. The predicted molar refractivity (Wildman–Crippen MR) is 107 cm³/mol. The largest absolute Gasteiger partial charge is 0.381 e. The number of benzene rings is 1. The van der Waals surface area contributed by atoms with E-state index in [0.717, 1.165) is 49.5 Å². The fourth-order valence-corrected chi connectivity index (χ4v) is 4.81. The van der Waals surface area contributed by atoms with Gasteiger partial charge in [0.1, 0.15) is 0 Å². The third-order valence-electron chi connectivity index (χ3n) is 6.15. The number of nitrogens with one attached hydrogen (secondary N) is 2. The van der Waals surface area contributed by atoms with E-state index in [-0.39, 0.29) is 5.41 Å². The number of fused-ring (bicyclic) bond motifs is 2. The normalized spacial score (nSPS) is 30.4. The maximum Gasteiger partial charge on any atom is 0.191 e. The summed E-state index contributed by atoms with van der Waals surface area (Å²) < 4.78 is 12.7. The van der Waals surface area contributed by atoms with E-state index in [1.165, 1.54) is 18.4 Å². The molecule has 6 heteroatoms. The molecule has 3 atom stereocenters. The summed E-state index contributed by atoms with van der Waals surface area (Å²) in [7, 11) is 1.85. The van der Waals surface area contributed by atoms with Crippen LogP contribution in [0, 0.1) is 0 Å². The lowest BCUT2D eigenvalue weighted by atomic mass is 9.74. The van der Waals surface area contributed by atoms with Crippen molar-refractivity contribution >= 4 is 21.9 Å². The number of rotatable bonds is 4. The Kier molecular flexibility index (Phi) is 5.53. The van der Waals surface area contributed by atoms with Gasteiger partial charge in [-0.05, 0) is 49.8 Å². The zero-order valence-electron chi connectivity index (χ0n) is 15.3. The summed E-state index contributed by atoms with van der Waals surface area (Å²) in [5.74, 6) is 0.883. The lowest BCUT2D eigenvalue weighted by Gasteiger charge is -2.38. The second-order valence-corrected chi connectivity index (χ2v) is 8.60. The molecular weight excluding hydrogens is 394 g/mol. The fraction of sp³-hybridized carbons (Fsp3) is 0.650. The molecule has 2 N–H and O–H groups in total. The van der Waals surface area contributed by atoms with Gasteiger partial charge in [-0.2, -0.15) is 0 Å². The molecule has 2 bridgehead atoms. The highest BCUT2D eigenvalue weighted by Gasteiger charge is 2.41. The second kappa shape index (κ2) is 7.87. The van der Waals surface area contributed by atoms with Crippen molar-refractivity contribution in [3.8, 4) is 0 Å². The Balaban J connectivity index is 1.43.